The van der Waals surface area contributed by atoms with Crippen LogP contribution in [0, 0.1) is 5.92 Å². The summed E-state index contributed by atoms with van der Waals surface area (Å²) < 4.78 is 12.0. The van der Waals surface area contributed by atoms with E-state index in [-0.39, 0.29) is 12.7 Å². The highest BCUT2D eigenvalue weighted by Gasteiger charge is 2.21. The monoisotopic (exact) mass is 174 g/mol. The molecule has 1 fully saturated rings. The summed E-state index contributed by atoms with van der Waals surface area (Å²) >= 11 is 0. The summed E-state index contributed by atoms with van der Waals surface area (Å²) in [7, 11) is 0. The van der Waals surface area contributed by atoms with Gasteiger partial charge in [-0.3, -0.25) is 0 Å². The van der Waals surface area contributed by atoms with E-state index < -0.39 is 0 Å². The van der Waals surface area contributed by atoms with Gasteiger partial charge in [-0.15, -0.1) is 0 Å². The molecule has 2 atom stereocenters. The maximum Gasteiger partial charge on any atom is 0.102 e. The van der Waals surface area contributed by atoms with Crippen molar-refractivity contribution in [3.8, 4) is 0 Å². The second-order valence-electron chi connectivity index (χ2n) is 3.75. The Morgan fingerprint density at radius 2 is 2.42 bits per heavy atom. The van der Waals surface area contributed by atoms with E-state index in [1.807, 2.05) is 6.92 Å². The van der Waals surface area contributed by atoms with Gasteiger partial charge in [0.1, 0.15) is 6.67 Å². The van der Waals surface area contributed by atoms with Gasteiger partial charge in [0.05, 0.1) is 0 Å². The Morgan fingerprint density at radius 3 is 3.00 bits per heavy atom. The number of hydrogen-bond acceptors (Lipinski definition) is 2. The van der Waals surface area contributed by atoms with Crippen LogP contribution in [0.25, 0.3) is 0 Å². The summed E-state index contributed by atoms with van der Waals surface area (Å²) in [5, 5.41) is 0. The highest BCUT2D eigenvalue weighted by molar-refractivity contribution is 4.77. The molecule has 1 rings (SSSR count). The number of hydrogen-bond donors (Lipinski definition) is 1. The molecule has 1 aliphatic heterocycles. The van der Waals surface area contributed by atoms with E-state index in [2.05, 4.69) is 4.90 Å². The van der Waals surface area contributed by atoms with Gasteiger partial charge in [0.25, 0.3) is 0 Å². The zero-order valence-electron chi connectivity index (χ0n) is 7.80. The van der Waals surface area contributed by atoms with E-state index in [0.29, 0.717) is 12.5 Å². The second-order valence-corrected chi connectivity index (χ2v) is 3.75. The van der Waals surface area contributed by atoms with E-state index in [1.54, 1.807) is 0 Å². The predicted octanol–water partition coefficient (Wildman–Crippen LogP) is 1.02. The average molecular weight is 174 g/mol. The molecular formula is C9H19FN2. The van der Waals surface area contributed by atoms with E-state index in [4.69, 9.17) is 5.73 Å². The predicted molar refractivity (Wildman–Crippen MR) is 48.8 cm³/mol. The first-order valence-electron chi connectivity index (χ1n) is 4.78. The summed E-state index contributed by atoms with van der Waals surface area (Å²) in [4.78, 5) is 2.18. The smallest absolute Gasteiger partial charge is 0.102 e. The molecule has 0 aromatic rings. The third-order valence-electron chi connectivity index (χ3n) is 2.69. The molecule has 72 valence electrons. The fourth-order valence-electron chi connectivity index (χ4n) is 1.84. The van der Waals surface area contributed by atoms with Crippen LogP contribution in [0.1, 0.15) is 19.8 Å². The molecule has 12 heavy (non-hydrogen) atoms. The molecule has 3 heteroatoms. The molecule has 0 radical (unpaired) electrons. The SMILES string of the molecule is CC(N)C1CCCN(CCF)C1. The molecule has 0 amide bonds. The number of likely N-dealkylation sites (tertiary alicyclic amines) is 1. The molecule has 2 nitrogen and oxygen atoms in total. The molecule has 0 aromatic carbocycles. The molecule has 1 saturated heterocycles. The number of nitrogens with zero attached hydrogens (tertiary/aromatic N) is 1. The maximum atomic E-state index is 12.0. The fourth-order valence-corrected chi connectivity index (χ4v) is 1.84. The second kappa shape index (κ2) is 4.77. The lowest BCUT2D eigenvalue weighted by Crippen LogP contribution is -2.43. The van der Waals surface area contributed by atoms with Gasteiger partial charge in [-0.1, -0.05) is 0 Å². The van der Waals surface area contributed by atoms with E-state index in [1.165, 1.54) is 12.8 Å². The van der Waals surface area contributed by atoms with Gasteiger partial charge < -0.3 is 10.6 Å². The van der Waals surface area contributed by atoms with E-state index in [0.717, 1.165) is 13.1 Å². The molecule has 0 bridgehead atoms. The molecule has 2 unspecified atom stereocenters. The summed E-state index contributed by atoms with van der Waals surface area (Å²) in [5.41, 5.74) is 5.81. The summed E-state index contributed by atoms with van der Waals surface area (Å²) in [6.07, 6.45) is 2.38. The van der Waals surface area contributed by atoms with Gasteiger partial charge in [0.2, 0.25) is 0 Å². The van der Waals surface area contributed by atoms with Crippen LogP contribution in [0.5, 0.6) is 0 Å². The molecule has 0 saturated carbocycles. The number of nitrogens with two attached hydrogens (primary N) is 1. The van der Waals surface area contributed by atoms with Crippen LogP contribution in [0.2, 0.25) is 0 Å². The third-order valence-corrected chi connectivity index (χ3v) is 2.69. The van der Waals surface area contributed by atoms with Crippen molar-refractivity contribution in [2.75, 3.05) is 26.3 Å². The first-order chi connectivity index (χ1) is 5.74. The zero-order chi connectivity index (χ0) is 8.97. The van der Waals surface area contributed by atoms with Gasteiger partial charge in [-0.2, -0.15) is 0 Å². The average Bonchev–Trinajstić information content (AvgIpc) is 2.05. The van der Waals surface area contributed by atoms with Crippen molar-refractivity contribution in [1.82, 2.24) is 4.90 Å². The van der Waals surface area contributed by atoms with Crippen molar-refractivity contribution >= 4 is 0 Å². The zero-order valence-corrected chi connectivity index (χ0v) is 7.80. The van der Waals surface area contributed by atoms with Crippen LogP contribution in [0.15, 0.2) is 0 Å². The van der Waals surface area contributed by atoms with Crippen molar-refractivity contribution in [2.24, 2.45) is 11.7 Å². The van der Waals surface area contributed by atoms with Gasteiger partial charge in [0, 0.05) is 19.1 Å². The molecule has 0 aliphatic carbocycles. The lowest BCUT2D eigenvalue weighted by molar-refractivity contribution is 0.151. The Balaban J connectivity index is 2.30. The van der Waals surface area contributed by atoms with Crippen LogP contribution >= 0.6 is 0 Å². The van der Waals surface area contributed by atoms with Crippen LogP contribution < -0.4 is 5.73 Å². The molecule has 1 aliphatic rings. The van der Waals surface area contributed by atoms with Crippen LogP contribution in [0.4, 0.5) is 4.39 Å². The highest BCUT2D eigenvalue weighted by Crippen LogP contribution is 2.18. The Bertz CT molecular complexity index is 126. The molecule has 2 N–H and O–H groups in total. The van der Waals surface area contributed by atoms with Crippen molar-refractivity contribution in [3.63, 3.8) is 0 Å². The van der Waals surface area contributed by atoms with Crippen LogP contribution in [0.3, 0.4) is 0 Å². The lowest BCUT2D eigenvalue weighted by Gasteiger charge is -2.33. The van der Waals surface area contributed by atoms with Crippen molar-refractivity contribution in [1.29, 1.82) is 0 Å². The number of halogens is 1. The minimum absolute atomic E-state index is 0.230. The standard InChI is InChI=1S/C9H19FN2/c1-8(11)9-3-2-5-12(7-9)6-4-10/h8-9H,2-7,11H2,1H3. The van der Waals surface area contributed by atoms with Crippen LogP contribution in [-0.2, 0) is 0 Å². The van der Waals surface area contributed by atoms with Crippen molar-refractivity contribution < 1.29 is 4.39 Å². The van der Waals surface area contributed by atoms with Gasteiger partial charge in [-0.25, -0.2) is 4.39 Å². The minimum atomic E-state index is -0.230. The quantitative estimate of drug-likeness (QED) is 0.692. The number of alkyl halides is 1. The Kier molecular flexibility index (Phi) is 3.95. The fraction of sp³-hybridized carbons (Fsp3) is 1.00. The third kappa shape index (κ3) is 2.72. The molecular weight excluding hydrogens is 155 g/mol. The summed E-state index contributed by atoms with van der Waals surface area (Å²) in [6, 6.07) is 0.257. The van der Waals surface area contributed by atoms with Crippen molar-refractivity contribution in [3.05, 3.63) is 0 Å². The Morgan fingerprint density at radius 1 is 1.67 bits per heavy atom. The lowest BCUT2D eigenvalue weighted by atomic mass is 9.92. The first-order valence-corrected chi connectivity index (χ1v) is 4.78. The highest BCUT2D eigenvalue weighted by atomic mass is 19.1. The van der Waals surface area contributed by atoms with E-state index in [9.17, 15) is 4.39 Å². The van der Waals surface area contributed by atoms with Crippen molar-refractivity contribution in [2.45, 2.75) is 25.8 Å². The number of rotatable bonds is 3. The molecule has 1 heterocycles. The van der Waals surface area contributed by atoms with Crippen LogP contribution in [-0.4, -0.2) is 37.3 Å². The largest absolute Gasteiger partial charge is 0.328 e. The van der Waals surface area contributed by atoms with Gasteiger partial charge >= 0.3 is 0 Å². The topological polar surface area (TPSA) is 29.3 Å². The summed E-state index contributed by atoms with van der Waals surface area (Å²) in [6.45, 7) is 4.44. The maximum absolute atomic E-state index is 12.0. The minimum Gasteiger partial charge on any atom is -0.328 e. The first kappa shape index (κ1) is 9.93. The molecule has 0 aromatic heterocycles. The Hall–Kier alpha value is -0.150. The molecule has 0 spiro atoms. The van der Waals surface area contributed by atoms with Gasteiger partial charge in [-0.05, 0) is 32.2 Å². The Labute approximate surface area is 73.9 Å². The normalized spacial score (nSPS) is 28.8. The van der Waals surface area contributed by atoms with Gasteiger partial charge in [0.15, 0.2) is 0 Å². The van der Waals surface area contributed by atoms with E-state index >= 15 is 0 Å². The number of piperidine rings is 1. The summed E-state index contributed by atoms with van der Waals surface area (Å²) in [5.74, 6) is 0.574.